The molecule has 0 aliphatic carbocycles. The summed E-state index contributed by atoms with van der Waals surface area (Å²) in [5.74, 6) is -1.01. The zero-order chi connectivity index (χ0) is 14.5. The van der Waals surface area contributed by atoms with Crippen LogP contribution in [0.25, 0.3) is 0 Å². The predicted molar refractivity (Wildman–Crippen MR) is 70.5 cm³/mol. The number of aliphatic hydroxyl groups is 1. The third kappa shape index (κ3) is 3.54. The first-order valence-corrected chi connectivity index (χ1v) is 5.98. The molecule has 5 nitrogen and oxygen atoms in total. The Balaban J connectivity index is 2.85. The van der Waals surface area contributed by atoms with E-state index in [4.69, 9.17) is 5.11 Å². The number of nitrogens with one attached hydrogen (secondary N) is 1. The molecule has 0 saturated carbocycles. The maximum absolute atomic E-state index is 12.2. The molecule has 1 aromatic rings. The number of carbonyl (C=O) groups is 2. The van der Waals surface area contributed by atoms with Gasteiger partial charge in [0.15, 0.2) is 6.04 Å². The lowest BCUT2D eigenvalue weighted by Gasteiger charge is -2.26. The van der Waals surface area contributed by atoms with Crippen molar-refractivity contribution in [3.05, 3.63) is 35.9 Å². The SMILES string of the molecule is COC(=O)C(CO)NC(=O)C(C)(C)c1ccccc1. The molecule has 0 aromatic heterocycles. The zero-order valence-corrected chi connectivity index (χ0v) is 11.3. The van der Waals surface area contributed by atoms with Gasteiger partial charge in [-0.1, -0.05) is 30.3 Å². The van der Waals surface area contributed by atoms with Crippen molar-refractivity contribution in [2.24, 2.45) is 0 Å². The second-order valence-corrected chi connectivity index (χ2v) is 4.72. The second kappa shape index (κ2) is 6.33. The fraction of sp³-hybridized carbons (Fsp3) is 0.429. The van der Waals surface area contributed by atoms with Crippen LogP contribution in [0.4, 0.5) is 0 Å². The molecule has 0 aliphatic rings. The van der Waals surface area contributed by atoms with Crippen molar-refractivity contribution in [3.63, 3.8) is 0 Å². The maximum atomic E-state index is 12.2. The Morgan fingerprint density at radius 2 is 1.89 bits per heavy atom. The Labute approximate surface area is 112 Å². The van der Waals surface area contributed by atoms with E-state index in [1.165, 1.54) is 7.11 Å². The highest BCUT2D eigenvalue weighted by molar-refractivity contribution is 5.91. The molecule has 0 bridgehead atoms. The normalized spacial score (nSPS) is 12.6. The Morgan fingerprint density at radius 1 is 1.32 bits per heavy atom. The number of benzene rings is 1. The Morgan fingerprint density at radius 3 is 2.37 bits per heavy atom. The van der Waals surface area contributed by atoms with Crippen LogP contribution in [-0.4, -0.2) is 36.7 Å². The van der Waals surface area contributed by atoms with Gasteiger partial charge in [0.2, 0.25) is 5.91 Å². The minimum atomic E-state index is -1.04. The van der Waals surface area contributed by atoms with Crippen molar-refractivity contribution in [3.8, 4) is 0 Å². The number of hydrogen-bond acceptors (Lipinski definition) is 4. The van der Waals surface area contributed by atoms with E-state index in [1.54, 1.807) is 13.8 Å². The molecule has 104 valence electrons. The van der Waals surface area contributed by atoms with Gasteiger partial charge in [-0.25, -0.2) is 4.79 Å². The first-order valence-electron chi connectivity index (χ1n) is 5.98. The number of hydrogen-bond donors (Lipinski definition) is 2. The average Bonchev–Trinajstić information content (AvgIpc) is 2.44. The molecular weight excluding hydrogens is 246 g/mol. The Hall–Kier alpha value is -1.88. The second-order valence-electron chi connectivity index (χ2n) is 4.72. The highest BCUT2D eigenvalue weighted by Crippen LogP contribution is 2.23. The van der Waals surface area contributed by atoms with Crippen molar-refractivity contribution in [2.45, 2.75) is 25.3 Å². The molecule has 0 fully saturated rings. The quantitative estimate of drug-likeness (QED) is 0.765. The first-order chi connectivity index (χ1) is 8.93. The molecule has 1 rings (SSSR count). The van der Waals surface area contributed by atoms with Gasteiger partial charge in [0.1, 0.15) is 0 Å². The van der Waals surface area contributed by atoms with Crippen LogP contribution in [-0.2, 0) is 19.7 Å². The molecular formula is C14H19NO4. The standard InChI is InChI=1S/C14H19NO4/c1-14(2,10-7-5-4-6-8-10)13(18)15-11(9-16)12(17)19-3/h4-8,11,16H,9H2,1-3H3,(H,15,18). The minimum Gasteiger partial charge on any atom is -0.467 e. The third-order valence-corrected chi connectivity index (χ3v) is 3.04. The van der Waals surface area contributed by atoms with E-state index in [2.05, 4.69) is 10.1 Å². The topological polar surface area (TPSA) is 75.6 Å². The van der Waals surface area contributed by atoms with Crippen LogP contribution >= 0.6 is 0 Å². The van der Waals surface area contributed by atoms with Crippen molar-refractivity contribution in [1.82, 2.24) is 5.32 Å². The number of amides is 1. The number of esters is 1. The van der Waals surface area contributed by atoms with Crippen molar-refractivity contribution >= 4 is 11.9 Å². The summed E-state index contributed by atoms with van der Waals surface area (Å²) >= 11 is 0. The molecule has 19 heavy (non-hydrogen) atoms. The highest BCUT2D eigenvalue weighted by atomic mass is 16.5. The summed E-state index contributed by atoms with van der Waals surface area (Å²) in [6.07, 6.45) is 0. The maximum Gasteiger partial charge on any atom is 0.330 e. The number of methoxy groups -OCH3 is 1. The van der Waals surface area contributed by atoms with Gasteiger partial charge in [-0.3, -0.25) is 4.79 Å². The summed E-state index contributed by atoms with van der Waals surface area (Å²) in [6.45, 7) is 3.01. The van der Waals surface area contributed by atoms with Gasteiger partial charge in [-0.2, -0.15) is 0 Å². The van der Waals surface area contributed by atoms with Gasteiger partial charge < -0.3 is 15.2 Å². The largest absolute Gasteiger partial charge is 0.467 e. The van der Waals surface area contributed by atoms with Gasteiger partial charge in [0.25, 0.3) is 0 Å². The molecule has 1 unspecified atom stereocenters. The fourth-order valence-corrected chi connectivity index (χ4v) is 1.65. The smallest absolute Gasteiger partial charge is 0.330 e. The lowest BCUT2D eigenvalue weighted by molar-refractivity contribution is -0.146. The van der Waals surface area contributed by atoms with E-state index < -0.39 is 24.0 Å². The molecule has 0 aliphatic heterocycles. The molecule has 1 amide bonds. The summed E-state index contributed by atoms with van der Waals surface area (Å²) in [4.78, 5) is 23.6. The van der Waals surface area contributed by atoms with E-state index in [1.807, 2.05) is 30.3 Å². The molecule has 1 atom stereocenters. The molecule has 1 aromatic carbocycles. The molecule has 0 heterocycles. The number of rotatable bonds is 5. The van der Waals surface area contributed by atoms with E-state index in [0.717, 1.165) is 5.56 Å². The summed E-state index contributed by atoms with van der Waals surface area (Å²) in [7, 11) is 1.21. The lowest BCUT2D eigenvalue weighted by Crippen LogP contribution is -2.50. The van der Waals surface area contributed by atoms with Crippen LogP contribution < -0.4 is 5.32 Å². The molecule has 0 saturated heterocycles. The van der Waals surface area contributed by atoms with Crippen LogP contribution in [0, 0.1) is 0 Å². The monoisotopic (exact) mass is 265 g/mol. The van der Waals surface area contributed by atoms with E-state index in [-0.39, 0.29) is 5.91 Å². The van der Waals surface area contributed by atoms with Crippen LogP contribution in [0.15, 0.2) is 30.3 Å². The lowest BCUT2D eigenvalue weighted by atomic mass is 9.83. The molecule has 0 spiro atoms. The summed E-state index contributed by atoms with van der Waals surface area (Å²) in [6, 6.07) is 8.18. The van der Waals surface area contributed by atoms with E-state index in [0.29, 0.717) is 0 Å². The van der Waals surface area contributed by atoms with Gasteiger partial charge in [-0.15, -0.1) is 0 Å². The zero-order valence-electron chi connectivity index (χ0n) is 11.3. The predicted octanol–water partition coefficient (Wildman–Crippen LogP) is 0.614. The van der Waals surface area contributed by atoms with Crippen molar-refractivity contribution < 1.29 is 19.4 Å². The number of carbonyl (C=O) groups excluding carboxylic acids is 2. The van der Waals surface area contributed by atoms with Crippen molar-refractivity contribution in [2.75, 3.05) is 13.7 Å². The Bertz CT molecular complexity index is 442. The molecule has 5 heteroatoms. The number of ether oxygens (including phenoxy) is 1. The van der Waals surface area contributed by atoms with Crippen LogP contribution in [0.2, 0.25) is 0 Å². The van der Waals surface area contributed by atoms with E-state index >= 15 is 0 Å². The third-order valence-electron chi connectivity index (χ3n) is 3.04. The van der Waals surface area contributed by atoms with Crippen LogP contribution in [0.5, 0.6) is 0 Å². The fourth-order valence-electron chi connectivity index (χ4n) is 1.65. The number of aliphatic hydroxyl groups excluding tert-OH is 1. The van der Waals surface area contributed by atoms with Gasteiger partial charge >= 0.3 is 5.97 Å². The van der Waals surface area contributed by atoms with Gasteiger partial charge in [0.05, 0.1) is 19.1 Å². The van der Waals surface area contributed by atoms with Gasteiger partial charge in [-0.05, 0) is 19.4 Å². The van der Waals surface area contributed by atoms with Crippen LogP contribution in [0.1, 0.15) is 19.4 Å². The minimum absolute atomic E-state index is 0.344. The van der Waals surface area contributed by atoms with Crippen LogP contribution in [0.3, 0.4) is 0 Å². The average molecular weight is 265 g/mol. The summed E-state index contributed by atoms with van der Waals surface area (Å²) < 4.78 is 4.51. The summed E-state index contributed by atoms with van der Waals surface area (Å²) in [5.41, 5.74) is 0.0250. The molecule has 2 N–H and O–H groups in total. The van der Waals surface area contributed by atoms with E-state index in [9.17, 15) is 9.59 Å². The van der Waals surface area contributed by atoms with Crippen molar-refractivity contribution in [1.29, 1.82) is 0 Å². The Kier molecular flexibility index (Phi) is 5.06. The first kappa shape index (κ1) is 15.2. The van der Waals surface area contributed by atoms with Gasteiger partial charge in [0, 0.05) is 0 Å². The molecule has 0 radical (unpaired) electrons. The summed E-state index contributed by atoms with van der Waals surface area (Å²) in [5, 5.41) is 11.6. The highest BCUT2D eigenvalue weighted by Gasteiger charge is 2.32.